The molecule has 1 aliphatic heterocycles. The monoisotopic (exact) mass is 493 g/mol. The van der Waals surface area contributed by atoms with E-state index < -0.39 is 10.0 Å². The van der Waals surface area contributed by atoms with E-state index >= 15 is 0 Å². The minimum absolute atomic E-state index is 0.0264. The number of sulfonamides is 1. The highest BCUT2D eigenvalue weighted by Crippen LogP contribution is 2.24. The van der Waals surface area contributed by atoms with E-state index in [0.717, 1.165) is 17.3 Å². The van der Waals surface area contributed by atoms with E-state index in [2.05, 4.69) is 20.7 Å². The highest BCUT2D eigenvalue weighted by molar-refractivity contribution is 9.10. The quantitative estimate of drug-likeness (QED) is 0.615. The van der Waals surface area contributed by atoms with Crippen LogP contribution in [0.15, 0.2) is 57.9 Å². The van der Waals surface area contributed by atoms with Gasteiger partial charge >= 0.3 is 0 Å². The van der Waals surface area contributed by atoms with Crippen molar-refractivity contribution in [1.29, 1.82) is 0 Å². The molecule has 3 N–H and O–H groups in total. The van der Waals surface area contributed by atoms with E-state index in [-0.39, 0.29) is 22.6 Å². The summed E-state index contributed by atoms with van der Waals surface area (Å²) >= 11 is 3.31. The number of nitrogens with one attached hydrogen (secondary N) is 1. The van der Waals surface area contributed by atoms with Crippen molar-refractivity contribution >= 4 is 43.5 Å². The van der Waals surface area contributed by atoms with Crippen LogP contribution in [-0.4, -0.2) is 38.2 Å². The molecule has 3 rings (SSSR count). The molecule has 2 aromatic rings. The summed E-state index contributed by atoms with van der Waals surface area (Å²) in [6, 6.07) is 12.8. The third-order valence-corrected chi connectivity index (χ3v) is 7.00. The fraction of sp³-hybridized carbons (Fsp3) is 0.333. The second-order valence-corrected chi connectivity index (χ2v) is 10.0. The topological polar surface area (TPSA) is 110 Å². The van der Waals surface area contributed by atoms with E-state index in [1.54, 1.807) is 41.3 Å². The lowest BCUT2D eigenvalue weighted by molar-refractivity contribution is -0.118. The molecule has 1 atom stereocenters. The van der Waals surface area contributed by atoms with Crippen molar-refractivity contribution in [3.63, 3.8) is 0 Å². The van der Waals surface area contributed by atoms with Gasteiger partial charge in [-0.3, -0.25) is 14.3 Å². The Bertz CT molecular complexity index is 1020. The molecule has 0 aromatic heterocycles. The van der Waals surface area contributed by atoms with Crippen LogP contribution in [0, 0.1) is 5.92 Å². The van der Waals surface area contributed by atoms with Crippen LogP contribution in [-0.2, 0) is 14.8 Å². The number of hydrogen-bond acceptors (Lipinski definition) is 4. The Kier molecular flexibility index (Phi) is 7.14. The lowest BCUT2D eigenvalue weighted by atomic mass is 9.93. The van der Waals surface area contributed by atoms with Crippen LogP contribution in [0.1, 0.15) is 36.0 Å². The molecule has 0 radical (unpaired) electrons. The molecule has 1 saturated heterocycles. The van der Waals surface area contributed by atoms with Crippen LogP contribution in [0.25, 0.3) is 0 Å². The molecule has 1 heterocycles. The predicted molar refractivity (Wildman–Crippen MR) is 118 cm³/mol. The zero-order chi connectivity index (χ0) is 21.7. The average Bonchev–Trinajstić information content (AvgIpc) is 2.73. The molecule has 0 bridgehead atoms. The first-order valence-corrected chi connectivity index (χ1v) is 12.0. The number of likely N-dealkylation sites (tertiary alicyclic amines) is 1. The number of carbonyl (C=O) groups excluding carboxylic acids is 2. The molecular weight excluding hydrogens is 470 g/mol. The summed E-state index contributed by atoms with van der Waals surface area (Å²) in [5.74, 6) is -0.324. The number of carbonyl (C=O) groups is 2. The van der Waals surface area contributed by atoms with E-state index in [9.17, 15) is 18.0 Å². The molecule has 7 nitrogen and oxygen atoms in total. The van der Waals surface area contributed by atoms with E-state index in [1.165, 1.54) is 12.1 Å². The first-order valence-electron chi connectivity index (χ1n) is 9.70. The molecule has 0 saturated carbocycles. The SMILES string of the molecule is NC(=O)CCC1CCCN(C(=O)c2cccc(S(=O)(=O)Nc3ccc(Br)cc3)c2)C1. The van der Waals surface area contributed by atoms with Gasteiger partial charge in [-0.2, -0.15) is 0 Å². The molecule has 9 heteroatoms. The van der Waals surface area contributed by atoms with Gasteiger partial charge in [0.15, 0.2) is 0 Å². The number of amides is 2. The largest absolute Gasteiger partial charge is 0.370 e. The normalized spacial score (nSPS) is 16.8. The molecule has 1 fully saturated rings. The van der Waals surface area contributed by atoms with Crippen molar-refractivity contribution in [2.75, 3.05) is 17.8 Å². The van der Waals surface area contributed by atoms with E-state index in [0.29, 0.717) is 37.2 Å². The van der Waals surface area contributed by atoms with Crippen LogP contribution in [0.3, 0.4) is 0 Å². The number of halogens is 1. The molecule has 1 aliphatic rings. The lowest BCUT2D eigenvalue weighted by Crippen LogP contribution is -2.40. The number of primary amides is 1. The second-order valence-electron chi connectivity index (χ2n) is 7.40. The van der Waals surface area contributed by atoms with Gasteiger partial charge in [0.2, 0.25) is 5.91 Å². The summed E-state index contributed by atoms with van der Waals surface area (Å²) < 4.78 is 28.9. The third kappa shape index (κ3) is 5.82. The summed E-state index contributed by atoms with van der Waals surface area (Å²) in [4.78, 5) is 25.8. The minimum Gasteiger partial charge on any atom is -0.370 e. The Morgan fingerprint density at radius 2 is 1.90 bits per heavy atom. The lowest BCUT2D eigenvalue weighted by Gasteiger charge is -2.32. The number of nitrogens with two attached hydrogens (primary N) is 1. The summed E-state index contributed by atoms with van der Waals surface area (Å²) in [6.45, 7) is 1.15. The van der Waals surface area contributed by atoms with Gasteiger partial charge < -0.3 is 10.6 Å². The Morgan fingerprint density at radius 1 is 1.17 bits per heavy atom. The fourth-order valence-corrected chi connectivity index (χ4v) is 4.91. The number of piperidine rings is 1. The molecule has 2 aromatic carbocycles. The summed E-state index contributed by atoms with van der Waals surface area (Å²) in [6.07, 6.45) is 2.76. The van der Waals surface area contributed by atoms with Crippen LogP contribution in [0.4, 0.5) is 5.69 Å². The number of anilines is 1. The molecule has 2 amide bonds. The van der Waals surface area contributed by atoms with Gasteiger partial charge in [-0.15, -0.1) is 0 Å². The minimum atomic E-state index is -3.83. The summed E-state index contributed by atoms with van der Waals surface area (Å²) in [5, 5.41) is 0. The number of benzene rings is 2. The van der Waals surface area contributed by atoms with Crippen molar-refractivity contribution in [1.82, 2.24) is 4.90 Å². The second kappa shape index (κ2) is 9.61. The van der Waals surface area contributed by atoms with E-state index in [1.807, 2.05) is 0 Å². The van der Waals surface area contributed by atoms with Crippen LogP contribution in [0.2, 0.25) is 0 Å². The van der Waals surface area contributed by atoms with Crippen molar-refractivity contribution < 1.29 is 18.0 Å². The average molecular weight is 494 g/mol. The first-order chi connectivity index (χ1) is 14.2. The maximum Gasteiger partial charge on any atom is 0.261 e. The number of hydrogen-bond donors (Lipinski definition) is 2. The summed E-state index contributed by atoms with van der Waals surface area (Å²) in [7, 11) is -3.83. The molecule has 160 valence electrons. The van der Waals surface area contributed by atoms with Gasteiger partial charge in [0, 0.05) is 35.2 Å². The van der Waals surface area contributed by atoms with E-state index in [4.69, 9.17) is 5.73 Å². The van der Waals surface area contributed by atoms with Crippen LogP contribution < -0.4 is 10.5 Å². The zero-order valence-corrected chi connectivity index (χ0v) is 18.8. The molecule has 0 aliphatic carbocycles. The first kappa shape index (κ1) is 22.3. The van der Waals surface area contributed by atoms with Crippen LogP contribution >= 0.6 is 15.9 Å². The molecule has 0 spiro atoms. The Balaban J connectivity index is 1.73. The molecule has 1 unspecified atom stereocenters. The van der Waals surface area contributed by atoms with Gasteiger partial charge in [-0.25, -0.2) is 8.42 Å². The number of nitrogens with zero attached hydrogens (tertiary/aromatic N) is 1. The van der Waals surface area contributed by atoms with Crippen molar-refractivity contribution in [3.05, 3.63) is 58.6 Å². The Morgan fingerprint density at radius 3 is 2.60 bits per heavy atom. The van der Waals surface area contributed by atoms with Crippen molar-refractivity contribution in [2.45, 2.75) is 30.6 Å². The van der Waals surface area contributed by atoms with Gasteiger partial charge in [0.05, 0.1) is 4.90 Å². The van der Waals surface area contributed by atoms with Crippen LogP contribution in [0.5, 0.6) is 0 Å². The third-order valence-electron chi connectivity index (χ3n) is 5.09. The van der Waals surface area contributed by atoms with Crippen molar-refractivity contribution in [3.8, 4) is 0 Å². The maximum atomic E-state index is 13.0. The van der Waals surface area contributed by atoms with Gasteiger partial charge in [-0.1, -0.05) is 22.0 Å². The molecular formula is C21H24BrN3O4S. The molecule has 30 heavy (non-hydrogen) atoms. The highest BCUT2D eigenvalue weighted by Gasteiger charge is 2.25. The fourth-order valence-electron chi connectivity index (χ4n) is 3.54. The summed E-state index contributed by atoms with van der Waals surface area (Å²) in [5.41, 5.74) is 5.99. The smallest absolute Gasteiger partial charge is 0.261 e. The zero-order valence-electron chi connectivity index (χ0n) is 16.4. The predicted octanol–water partition coefficient (Wildman–Crippen LogP) is 3.37. The highest BCUT2D eigenvalue weighted by atomic mass is 79.9. The Labute approximate surface area is 184 Å². The van der Waals surface area contributed by atoms with Gasteiger partial charge in [-0.05, 0) is 67.6 Å². The number of rotatable bonds is 7. The van der Waals surface area contributed by atoms with Gasteiger partial charge in [0.1, 0.15) is 0 Å². The maximum absolute atomic E-state index is 13.0. The van der Waals surface area contributed by atoms with Crippen molar-refractivity contribution in [2.24, 2.45) is 11.7 Å². The Hall–Kier alpha value is -2.39. The van der Waals surface area contributed by atoms with Gasteiger partial charge in [0.25, 0.3) is 15.9 Å². The standard InChI is InChI=1S/C21H24BrN3O4S/c22-17-7-9-18(10-8-17)24-30(28,29)19-5-1-4-16(13-19)21(27)25-12-2-3-15(14-25)6-11-20(23)26/h1,4-5,7-10,13,15,24H,2-3,6,11-12,14H2,(H2,23,26).